The third kappa shape index (κ3) is 7.29. The molecule has 0 amide bonds. The Bertz CT molecular complexity index is 402. The molecular weight excluding hydrogens is 346 g/mol. The van der Waals surface area contributed by atoms with Crippen LogP contribution in [0.3, 0.4) is 0 Å². The lowest BCUT2D eigenvalue weighted by Gasteiger charge is -2.42. The molecule has 0 heterocycles. The topological polar surface area (TPSA) is 92.8 Å². The van der Waals surface area contributed by atoms with Gasteiger partial charge >= 0.3 is 5.97 Å². The van der Waals surface area contributed by atoms with Crippen LogP contribution in [0.4, 0.5) is 0 Å². The number of nitrogens with two attached hydrogens (primary N) is 1. The van der Waals surface area contributed by atoms with Crippen LogP contribution in [-0.2, 0) is 9.22 Å². The van der Waals surface area contributed by atoms with Crippen molar-refractivity contribution >= 4 is 14.3 Å². The first-order chi connectivity index (χ1) is 11.8. The molecule has 0 saturated carbocycles. The average Bonchev–Trinajstić information content (AvgIpc) is 2.47. The van der Waals surface area contributed by atoms with Crippen LogP contribution in [0.25, 0.3) is 0 Å². The molecule has 4 N–H and O–H groups in total. The quantitative estimate of drug-likeness (QED) is 0.402. The first kappa shape index (κ1) is 25.6. The molecule has 0 spiro atoms. The van der Waals surface area contributed by atoms with E-state index in [0.717, 1.165) is 19.4 Å². The number of rotatable bonds is 13. The summed E-state index contributed by atoms with van der Waals surface area (Å²) < 4.78 is 6.58. The summed E-state index contributed by atoms with van der Waals surface area (Å²) in [7, 11) is -1.81. The number of hydrogen-bond acceptors (Lipinski definition) is 4. The molecule has 0 aliphatic rings. The minimum Gasteiger partial charge on any atom is -0.480 e. The lowest BCUT2D eigenvalue weighted by Crippen LogP contribution is -2.48. The van der Waals surface area contributed by atoms with Gasteiger partial charge in [-0.3, -0.25) is 4.79 Å². The van der Waals surface area contributed by atoms with Crippen molar-refractivity contribution in [2.45, 2.75) is 109 Å². The Labute approximate surface area is 161 Å². The van der Waals surface area contributed by atoms with Crippen molar-refractivity contribution in [2.24, 2.45) is 11.7 Å². The number of aliphatic hydroxyl groups excluding tert-OH is 1. The molecule has 156 valence electrons. The second kappa shape index (κ2) is 10.8. The van der Waals surface area contributed by atoms with Crippen molar-refractivity contribution in [1.82, 2.24) is 0 Å². The van der Waals surface area contributed by atoms with Crippen LogP contribution in [0.15, 0.2) is 0 Å². The SMILES string of the molecule is CC(C)[Si](OCC[C@@H](C)CC[C@H](O)C[C@@](C)(N)C(=O)O)(C(C)C)C(C)C. The standard InChI is InChI=1S/C20H43NO4Si/c1-14(2)26(15(3)4,16(5)6)25-12-11-17(7)9-10-18(22)13-20(8,21)19(23)24/h14-18,22H,9-13,21H2,1-8H3,(H,23,24)/t17-,18-,20+/m0/s1. The Morgan fingerprint density at radius 1 is 1.00 bits per heavy atom. The smallest absolute Gasteiger partial charge is 0.323 e. The van der Waals surface area contributed by atoms with Crippen LogP contribution in [0.2, 0.25) is 16.6 Å². The number of aliphatic carboxylic acids is 1. The van der Waals surface area contributed by atoms with E-state index in [1.54, 1.807) is 0 Å². The maximum atomic E-state index is 11.0. The predicted octanol–water partition coefficient (Wildman–Crippen LogP) is 4.54. The molecule has 5 nitrogen and oxygen atoms in total. The van der Waals surface area contributed by atoms with Gasteiger partial charge in [-0.15, -0.1) is 0 Å². The van der Waals surface area contributed by atoms with Crippen LogP contribution in [0, 0.1) is 5.92 Å². The Kier molecular flexibility index (Phi) is 10.6. The van der Waals surface area contributed by atoms with E-state index in [9.17, 15) is 9.90 Å². The summed E-state index contributed by atoms with van der Waals surface area (Å²) in [6.07, 6.45) is 1.78. The minimum atomic E-state index is -1.81. The molecule has 0 rings (SSSR count). The molecule has 0 aliphatic heterocycles. The summed E-state index contributed by atoms with van der Waals surface area (Å²) >= 11 is 0. The molecule has 0 bridgehead atoms. The van der Waals surface area contributed by atoms with E-state index < -0.39 is 25.9 Å². The van der Waals surface area contributed by atoms with Gasteiger partial charge in [0.15, 0.2) is 8.32 Å². The van der Waals surface area contributed by atoms with Gasteiger partial charge in [-0.25, -0.2) is 0 Å². The van der Waals surface area contributed by atoms with Gasteiger partial charge in [0.25, 0.3) is 0 Å². The molecule has 0 fully saturated rings. The van der Waals surface area contributed by atoms with E-state index in [1.807, 2.05) is 0 Å². The van der Waals surface area contributed by atoms with E-state index in [4.69, 9.17) is 15.3 Å². The molecular formula is C20H43NO4Si. The van der Waals surface area contributed by atoms with Gasteiger partial charge in [-0.1, -0.05) is 48.5 Å². The van der Waals surface area contributed by atoms with Crippen LogP contribution in [0.5, 0.6) is 0 Å². The molecule has 0 aliphatic carbocycles. The highest BCUT2D eigenvalue weighted by Crippen LogP contribution is 2.42. The predicted molar refractivity (Wildman–Crippen MR) is 111 cm³/mol. The first-order valence-electron chi connectivity index (χ1n) is 10.1. The lowest BCUT2D eigenvalue weighted by molar-refractivity contribution is -0.143. The van der Waals surface area contributed by atoms with Crippen molar-refractivity contribution in [2.75, 3.05) is 6.61 Å². The van der Waals surface area contributed by atoms with Crippen molar-refractivity contribution in [3.8, 4) is 0 Å². The highest BCUT2D eigenvalue weighted by atomic mass is 28.4. The van der Waals surface area contributed by atoms with Gasteiger partial charge in [0.1, 0.15) is 5.54 Å². The van der Waals surface area contributed by atoms with Gasteiger partial charge in [-0.2, -0.15) is 0 Å². The summed E-state index contributed by atoms with van der Waals surface area (Å²) in [5, 5.41) is 19.1. The number of carboxylic acid groups (broad SMARTS) is 1. The fraction of sp³-hybridized carbons (Fsp3) is 0.950. The van der Waals surface area contributed by atoms with Crippen molar-refractivity contribution in [3.05, 3.63) is 0 Å². The number of carbonyl (C=O) groups is 1. The monoisotopic (exact) mass is 389 g/mol. The van der Waals surface area contributed by atoms with Gasteiger partial charge < -0.3 is 20.4 Å². The highest BCUT2D eigenvalue weighted by molar-refractivity contribution is 6.77. The van der Waals surface area contributed by atoms with E-state index in [2.05, 4.69) is 48.5 Å². The van der Waals surface area contributed by atoms with Gasteiger partial charge in [-0.05, 0) is 48.7 Å². The lowest BCUT2D eigenvalue weighted by atomic mass is 9.91. The molecule has 0 aromatic heterocycles. The van der Waals surface area contributed by atoms with Crippen molar-refractivity contribution < 1.29 is 19.4 Å². The maximum absolute atomic E-state index is 11.0. The highest BCUT2D eigenvalue weighted by Gasteiger charge is 2.44. The first-order valence-corrected chi connectivity index (χ1v) is 12.3. The Morgan fingerprint density at radius 3 is 1.85 bits per heavy atom. The average molecular weight is 390 g/mol. The fourth-order valence-corrected chi connectivity index (χ4v) is 9.71. The summed E-state index contributed by atoms with van der Waals surface area (Å²) in [5.41, 5.74) is 6.08. The molecule has 0 aromatic carbocycles. The summed E-state index contributed by atoms with van der Waals surface area (Å²) in [6.45, 7) is 18.1. The summed E-state index contributed by atoms with van der Waals surface area (Å²) in [6, 6.07) is 0. The molecule has 0 aromatic rings. The largest absolute Gasteiger partial charge is 0.480 e. The third-order valence-corrected chi connectivity index (χ3v) is 11.9. The Hall–Kier alpha value is -0.433. The van der Waals surface area contributed by atoms with E-state index in [-0.39, 0.29) is 6.42 Å². The van der Waals surface area contributed by atoms with Gasteiger partial charge in [0, 0.05) is 13.0 Å². The molecule has 0 saturated heterocycles. The Balaban J connectivity index is 4.46. The molecule has 6 heteroatoms. The van der Waals surface area contributed by atoms with Crippen LogP contribution in [0.1, 0.15) is 81.1 Å². The zero-order valence-corrected chi connectivity index (χ0v) is 19.2. The fourth-order valence-electron chi connectivity index (χ4n) is 4.24. The summed E-state index contributed by atoms with van der Waals surface area (Å²) in [4.78, 5) is 11.0. The van der Waals surface area contributed by atoms with E-state index in [0.29, 0.717) is 29.0 Å². The molecule has 0 unspecified atom stereocenters. The zero-order valence-electron chi connectivity index (χ0n) is 18.2. The van der Waals surface area contributed by atoms with E-state index >= 15 is 0 Å². The van der Waals surface area contributed by atoms with Crippen molar-refractivity contribution in [3.63, 3.8) is 0 Å². The Morgan fingerprint density at radius 2 is 1.46 bits per heavy atom. The number of aliphatic hydroxyl groups is 1. The van der Waals surface area contributed by atoms with Crippen LogP contribution < -0.4 is 5.73 Å². The zero-order chi connectivity index (χ0) is 20.7. The number of hydrogen-bond donors (Lipinski definition) is 3. The third-order valence-electron chi connectivity index (χ3n) is 5.81. The normalized spacial score (nSPS) is 17.6. The van der Waals surface area contributed by atoms with E-state index in [1.165, 1.54) is 6.92 Å². The van der Waals surface area contributed by atoms with Gasteiger partial charge in [0.2, 0.25) is 0 Å². The molecule has 26 heavy (non-hydrogen) atoms. The van der Waals surface area contributed by atoms with Gasteiger partial charge in [0.05, 0.1) is 6.10 Å². The van der Waals surface area contributed by atoms with Crippen molar-refractivity contribution in [1.29, 1.82) is 0 Å². The molecule has 3 atom stereocenters. The molecule has 0 radical (unpaired) electrons. The maximum Gasteiger partial charge on any atom is 0.323 e. The summed E-state index contributed by atoms with van der Waals surface area (Å²) in [5.74, 6) is -0.646. The number of carboxylic acids is 1. The minimum absolute atomic E-state index is 0.0790. The second-order valence-corrected chi connectivity index (χ2v) is 14.7. The second-order valence-electron chi connectivity index (χ2n) is 9.22. The van der Waals surface area contributed by atoms with Crippen LogP contribution >= 0.6 is 0 Å². The van der Waals surface area contributed by atoms with Crippen LogP contribution in [-0.4, -0.2) is 42.7 Å².